The third-order valence-electron chi connectivity index (χ3n) is 1.44. The predicted molar refractivity (Wildman–Crippen MR) is 43.0 cm³/mol. The Hall–Kier alpha value is -1.98. The van der Waals surface area contributed by atoms with Crippen molar-refractivity contribution in [1.29, 1.82) is 0 Å². The van der Waals surface area contributed by atoms with Gasteiger partial charge >= 0.3 is 5.69 Å². The molecule has 6 nitrogen and oxygen atoms in total. The van der Waals surface area contributed by atoms with Crippen LogP contribution in [0.25, 0.3) is 0 Å². The van der Waals surface area contributed by atoms with E-state index >= 15 is 0 Å². The average Bonchev–Trinajstić information content (AvgIpc) is 2.02. The van der Waals surface area contributed by atoms with Crippen molar-refractivity contribution in [1.82, 2.24) is 0 Å². The maximum absolute atomic E-state index is 10.4. The molecule has 0 saturated carbocycles. The summed E-state index contributed by atoms with van der Waals surface area (Å²) in [5, 5.41) is 28.5. The Kier molecular flexibility index (Phi) is 2.23. The van der Waals surface area contributed by atoms with E-state index in [1.807, 2.05) is 0 Å². The zero-order chi connectivity index (χ0) is 10.0. The number of hydrogen-bond donors (Lipinski definition) is 2. The average molecular weight is 185 g/mol. The van der Waals surface area contributed by atoms with Crippen LogP contribution in [0.3, 0.4) is 0 Å². The molecular formula is C7H7NO5. The first-order chi connectivity index (χ1) is 6.06. The molecule has 13 heavy (non-hydrogen) atoms. The van der Waals surface area contributed by atoms with E-state index in [-0.39, 0.29) is 11.5 Å². The predicted octanol–water partition coefficient (Wildman–Crippen LogP) is 1.01. The van der Waals surface area contributed by atoms with Gasteiger partial charge < -0.3 is 14.9 Å². The number of benzene rings is 1. The molecular weight excluding hydrogens is 178 g/mol. The minimum Gasteiger partial charge on any atom is -0.508 e. The molecule has 1 aromatic rings. The number of hydrogen-bond acceptors (Lipinski definition) is 5. The number of nitrogens with zero attached hydrogens (tertiary/aromatic N) is 1. The third kappa shape index (κ3) is 1.61. The van der Waals surface area contributed by atoms with Crippen molar-refractivity contribution in [3.8, 4) is 17.2 Å². The molecule has 70 valence electrons. The van der Waals surface area contributed by atoms with Gasteiger partial charge in [0.15, 0.2) is 5.75 Å². The molecule has 0 spiro atoms. The number of nitro groups is 1. The highest BCUT2D eigenvalue weighted by Crippen LogP contribution is 2.39. The van der Waals surface area contributed by atoms with Gasteiger partial charge in [0.25, 0.3) is 0 Å². The number of methoxy groups -OCH3 is 1. The molecule has 0 fully saturated rings. The maximum atomic E-state index is 10.4. The lowest BCUT2D eigenvalue weighted by atomic mass is 10.2. The van der Waals surface area contributed by atoms with Gasteiger partial charge in [0.2, 0.25) is 5.75 Å². The Morgan fingerprint density at radius 3 is 2.54 bits per heavy atom. The van der Waals surface area contributed by atoms with E-state index in [0.29, 0.717) is 0 Å². The van der Waals surface area contributed by atoms with Crippen molar-refractivity contribution in [3.05, 3.63) is 22.2 Å². The monoisotopic (exact) mass is 185 g/mol. The number of phenolic OH excluding ortho intramolecular Hbond substituents is 2. The molecule has 6 heteroatoms. The second-order valence-electron chi connectivity index (χ2n) is 2.27. The van der Waals surface area contributed by atoms with Crippen LogP contribution in [0.2, 0.25) is 0 Å². The SMILES string of the molecule is COc1c(O)cc(O)cc1[N+](=O)[O-]. The largest absolute Gasteiger partial charge is 0.508 e. The Morgan fingerprint density at radius 2 is 2.08 bits per heavy atom. The Bertz CT molecular complexity index is 349. The summed E-state index contributed by atoms with van der Waals surface area (Å²) in [6.45, 7) is 0. The van der Waals surface area contributed by atoms with Gasteiger partial charge in [-0.15, -0.1) is 0 Å². The summed E-state index contributed by atoms with van der Waals surface area (Å²) in [5.74, 6) is -1.11. The summed E-state index contributed by atoms with van der Waals surface area (Å²) < 4.78 is 4.59. The minimum absolute atomic E-state index is 0.261. The summed E-state index contributed by atoms with van der Waals surface area (Å²) in [6.07, 6.45) is 0. The van der Waals surface area contributed by atoms with E-state index in [2.05, 4.69) is 4.74 Å². The lowest BCUT2D eigenvalue weighted by Crippen LogP contribution is -1.93. The van der Waals surface area contributed by atoms with E-state index in [1.54, 1.807) is 0 Å². The van der Waals surface area contributed by atoms with Crippen molar-refractivity contribution in [3.63, 3.8) is 0 Å². The topological polar surface area (TPSA) is 92.8 Å². The number of aromatic hydroxyl groups is 2. The molecule has 0 aromatic heterocycles. The summed E-state index contributed by atoms with van der Waals surface area (Å²) in [5.41, 5.74) is -0.472. The molecule has 1 aromatic carbocycles. The molecule has 0 heterocycles. The van der Waals surface area contributed by atoms with E-state index in [1.165, 1.54) is 7.11 Å². The minimum atomic E-state index is -0.752. The van der Waals surface area contributed by atoms with E-state index in [0.717, 1.165) is 12.1 Å². The van der Waals surface area contributed by atoms with Crippen molar-refractivity contribution in [2.24, 2.45) is 0 Å². The molecule has 2 N–H and O–H groups in total. The quantitative estimate of drug-likeness (QED) is 0.529. The first kappa shape index (κ1) is 9.11. The lowest BCUT2D eigenvalue weighted by molar-refractivity contribution is -0.385. The second-order valence-corrected chi connectivity index (χ2v) is 2.27. The van der Waals surface area contributed by atoms with Gasteiger partial charge in [0.05, 0.1) is 18.1 Å². The molecule has 0 saturated heterocycles. The first-order valence-corrected chi connectivity index (χ1v) is 3.30. The van der Waals surface area contributed by atoms with Gasteiger partial charge in [-0.25, -0.2) is 0 Å². The highest BCUT2D eigenvalue weighted by atomic mass is 16.6. The second kappa shape index (κ2) is 3.18. The van der Waals surface area contributed by atoms with Crippen LogP contribution in [-0.4, -0.2) is 22.2 Å². The van der Waals surface area contributed by atoms with Crippen molar-refractivity contribution in [2.75, 3.05) is 7.11 Å². The van der Waals surface area contributed by atoms with Crippen LogP contribution >= 0.6 is 0 Å². The smallest absolute Gasteiger partial charge is 0.318 e. The molecule has 0 unspecified atom stereocenters. The third-order valence-corrected chi connectivity index (χ3v) is 1.44. The van der Waals surface area contributed by atoms with Crippen LogP contribution in [-0.2, 0) is 0 Å². The van der Waals surface area contributed by atoms with Gasteiger partial charge in [0.1, 0.15) is 5.75 Å². The Morgan fingerprint density at radius 1 is 1.46 bits per heavy atom. The Labute approximate surface area is 73.2 Å². The zero-order valence-electron chi connectivity index (χ0n) is 6.72. The number of nitro benzene ring substituents is 1. The highest BCUT2D eigenvalue weighted by Gasteiger charge is 2.20. The normalized spacial score (nSPS) is 9.62. The summed E-state index contributed by atoms with van der Waals surface area (Å²) in [7, 11) is 1.19. The van der Waals surface area contributed by atoms with Crippen molar-refractivity contribution < 1.29 is 19.9 Å². The van der Waals surface area contributed by atoms with E-state index in [9.17, 15) is 10.1 Å². The molecule has 0 radical (unpaired) electrons. The van der Waals surface area contributed by atoms with Gasteiger partial charge in [-0.05, 0) is 0 Å². The maximum Gasteiger partial charge on any atom is 0.318 e. The van der Waals surface area contributed by atoms with E-state index < -0.39 is 16.4 Å². The van der Waals surface area contributed by atoms with Crippen LogP contribution < -0.4 is 4.74 Å². The number of phenols is 2. The van der Waals surface area contributed by atoms with Gasteiger partial charge in [-0.1, -0.05) is 0 Å². The molecule has 0 aliphatic carbocycles. The van der Waals surface area contributed by atoms with Crippen LogP contribution in [0.5, 0.6) is 17.2 Å². The fourth-order valence-corrected chi connectivity index (χ4v) is 0.929. The fourth-order valence-electron chi connectivity index (χ4n) is 0.929. The number of ether oxygens (including phenoxy) is 1. The molecule has 0 atom stereocenters. The van der Waals surface area contributed by atoms with Gasteiger partial charge in [0, 0.05) is 6.07 Å². The van der Waals surface area contributed by atoms with Crippen molar-refractivity contribution in [2.45, 2.75) is 0 Å². The van der Waals surface area contributed by atoms with Crippen LogP contribution in [0.15, 0.2) is 12.1 Å². The number of rotatable bonds is 2. The molecule has 0 aliphatic heterocycles. The summed E-state index contributed by atoms with van der Waals surface area (Å²) in [4.78, 5) is 9.64. The fraction of sp³-hybridized carbons (Fsp3) is 0.143. The van der Waals surface area contributed by atoms with E-state index in [4.69, 9.17) is 10.2 Å². The summed E-state index contributed by atoms with van der Waals surface area (Å²) >= 11 is 0. The highest BCUT2D eigenvalue weighted by molar-refractivity contribution is 5.58. The molecule has 0 aliphatic rings. The zero-order valence-corrected chi connectivity index (χ0v) is 6.72. The molecule has 0 bridgehead atoms. The summed E-state index contributed by atoms with van der Waals surface area (Å²) in [6, 6.07) is 1.87. The first-order valence-electron chi connectivity index (χ1n) is 3.30. The lowest BCUT2D eigenvalue weighted by Gasteiger charge is -2.03. The van der Waals surface area contributed by atoms with Crippen LogP contribution in [0.4, 0.5) is 5.69 Å². The van der Waals surface area contributed by atoms with Gasteiger partial charge in [-0.2, -0.15) is 0 Å². The van der Waals surface area contributed by atoms with Crippen molar-refractivity contribution >= 4 is 5.69 Å². The Balaban J connectivity index is 3.38. The van der Waals surface area contributed by atoms with Crippen LogP contribution in [0, 0.1) is 10.1 Å². The molecule has 0 amide bonds. The van der Waals surface area contributed by atoms with Crippen LogP contribution in [0.1, 0.15) is 0 Å². The van der Waals surface area contributed by atoms with Gasteiger partial charge in [-0.3, -0.25) is 10.1 Å². The molecule has 1 rings (SSSR count). The standard InChI is InChI=1S/C7H7NO5/c1-13-7-5(8(11)12)2-4(9)3-6(7)10/h2-3,9-10H,1H3.